The second-order valence-electron chi connectivity index (χ2n) is 4.25. The summed E-state index contributed by atoms with van der Waals surface area (Å²) in [5.74, 6) is 1.63. The summed E-state index contributed by atoms with van der Waals surface area (Å²) >= 11 is 0. The second kappa shape index (κ2) is 5.57. The molecular formula is C16H14N3O. The van der Waals surface area contributed by atoms with Gasteiger partial charge >= 0.3 is 0 Å². The van der Waals surface area contributed by atoms with Gasteiger partial charge in [0.25, 0.3) is 0 Å². The maximum atomic E-state index is 5.44. The molecule has 0 spiro atoms. The lowest BCUT2D eigenvalue weighted by Gasteiger charge is -2.07. The standard InChI is InChI=1S/C16H14N3O/c1-2-20-15-10-8-14(9-11-15)19-12-17-18-16(19)13-6-4-3-5-7-13/h3-11H,2H2,1H3. The first-order valence-electron chi connectivity index (χ1n) is 6.50. The van der Waals surface area contributed by atoms with Crippen LogP contribution in [0.3, 0.4) is 0 Å². The van der Waals surface area contributed by atoms with Crippen LogP contribution in [-0.4, -0.2) is 21.4 Å². The van der Waals surface area contributed by atoms with E-state index in [1.807, 2.05) is 66.1 Å². The van der Waals surface area contributed by atoms with Crippen LogP contribution in [0.25, 0.3) is 17.1 Å². The molecule has 1 radical (unpaired) electrons. The van der Waals surface area contributed by atoms with Crippen LogP contribution in [-0.2, 0) is 0 Å². The molecule has 4 nitrogen and oxygen atoms in total. The van der Waals surface area contributed by atoms with Gasteiger partial charge in [0, 0.05) is 11.3 Å². The lowest BCUT2D eigenvalue weighted by atomic mass is 10.2. The zero-order valence-electron chi connectivity index (χ0n) is 11.2. The second-order valence-corrected chi connectivity index (χ2v) is 4.25. The van der Waals surface area contributed by atoms with Crippen LogP contribution in [0.1, 0.15) is 6.92 Å². The minimum Gasteiger partial charge on any atom is -0.494 e. The highest BCUT2D eigenvalue weighted by molar-refractivity contribution is 5.57. The van der Waals surface area contributed by atoms with E-state index in [-0.39, 0.29) is 0 Å². The van der Waals surface area contributed by atoms with Crippen molar-refractivity contribution in [3.8, 4) is 22.8 Å². The zero-order chi connectivity index (χ0) is 13.8. The van der Waals surface area contributed by atoms with Crippen molar-refractivity contribution >= 4 is 0 Å². The predicted octanol–water partition coefficient (Wildman–Crippen LogP) is 3.13. The van der Waals surface area contributed by atoms with Crippen molar-refractivity contribution in [2.45, 2.75) is 6.92 Å². The molecule has 0 aliphatic carbocycles. The summed E-state index contributed by atoms with van der Waals surface area (Å²) in [5.41, 5.74) is 1.97. The van der Waals surface area contributed by atoms with Crippen molar-refractivity contribution in [1.29, 1.82) is 0 Å². The molecule has 0 saturated carbocycles. The van der Waals surface area contributed by atoms with Crippen LogP contribution in [0.2, 0.25) is 0 Å². The molecule has 0 atom stereocenters. The Kier molecular flexibility index (Phi) is 3.46. The van der Waals surface area contributed by atoms with Crippen LogP contribution in [0.4, 0.5) is 0 Å². The minimum atomic E-state index is 0.660. The molecule has 0 aliphatic rings. The minimum absolute atomic E-state index is 0.660. The highest BCUT2D eigenvalue weighted by Gasteiger charge is 2.09. The Labute approximate surface area is 117 Å². The van der Waals surface area contributed by atoms with Gasteiger partial charge in [-0.05, 0) is 31.2 Å². The molecule has 1 aromatic heterocycles. The zero-order valence-corrected chi connectivity index (χ0v) is 11.2. The fraction of sp³-hybridized carbons (Fsp3) is 0.125. The van der Waals surface area contributed by atoms with Crippen molar-refractivity contribution in [2.24, 2.45) is 0 Å². The average molecular weight is 264 g/mol. The van der Waals surface area contributed by atoms with E-state index in [0.717, 1.165) is 22.8 Å². The normalized spacial score (nSPS) is 10.4. The number of hydrogen-bond acceptors (Lipinski definition) is 3. The maximum absolute atomic E-state index is 5.44. The Balaban J connectivity index is 1.97. The first kappa shape index (κ1) is 12.4. The van der Waals surface area contributed by atoms with E-state index < -0.39 is 0 Å². The van der Waals surface area contributed by atoms with Crippen LogP contribution in [0.15, 0.2) is 54.6 Å². The quantitative estimate of drug-likeness (QED) is 0.726. The molecule has 0 saturated heterocycles. The van der Waals surface area contributed by atoms with E-state index in [0.29, 0.717) is 6.61 Å². The van der Waals surface area contributed by atoms with Gasteiger partial charge in [0.15, 0.2) is 5.82 Å². The van der Waals surface area contributed by atoms with Crippen molar-refractivity contribution in [3.63, 3.8) is 0 Å². The Morgan fingerprint density at radius 1 is 1.05 bits per heavy atom. The first-order chi connectivity index (χ1) is 9.88. The van der Waals surface area contributed by atoms with Gasteiger partial charge in [-0.3, -0.25) is 4.57 Å². The van der Waals surface area contributed by atoms with Gasteiger partial charge in [0.2, 0.25) is 6.33 Å². The van der Waals surface area contributed by atoms with E-state index in [2.05, 4.69) is 16.5 Å². The van der Waals surface area contributed by atoms with Gasteiger partial charge in [-0.15, -0.1) is 10.2 Å². The fourth-order valence-electron chi connectivity index (χ4n) is 2.02. The molecule has 2 aromatic carbocycles. The lowest BCUT2D eigenvalue weighted by Crippen LogP contribution is -1.97. The number of ether oxygens (including phenoxy) is 1. The lowest BCUT2D eigenvalue weighted by molar-refractivity contribution is 0.340. The third-order valence-electron chi connectivity index (χ3n) is 2.94. The number of benzene rings is 2. The molecule has 0 bridgehead atoms. The smallest absolute Gasteiger partial charge is 0.207 e. The van der Waals surface area contributed by atoms with Crippen molar-refractivity contribution in [2.75, 3.05) is 6.61 Å². The van der Waals surface area contributed by atoms with Crippen LogP contribution in [0, 0.1) is 6.33 Å². The summed E-state index contributed by atoms with van der Waals surface area (Å²) < 4.78 is 7.28. The number of aromatic nitrogens is 3. The van der Waals surface area contributed by atoms with Gasteiger partial charge in [0.1, 0.15) is 5.75 Å². The fourth-order valence-corrected chi connectivity index (χ4v) is 2.02. The molecule has 0 fully saturated rings. The number of rotatable bonds is 4. The monoisotopic (exact) mass is 264 g/mol. The Morgan fingerprint density at radius 3 is 2.50 bits per heavy atom. The van der Waals surface area contributed by atoms with Crippen molar-refractivity contribution < 1.29 is 4.74 Å². The molecule has 0 unspecified atom stereocenters. The summed E-state index contributed by atoms with van der Waals surface area (Å²) in [6, 6.07) is 17.7. The molecular weight excluding hydrogens is 250 g/mol. The van der Waals surface area contributed by atoms with Crippen molar-refractivity contribution in [3.05, 3.63) is 60.9 Å². The Bertz CT molecular complexity index is 674. The molecule has 4 heteroatoms. The van der Waals surface area contributed by atoms with Crippen LogP contribution < -0.4 is 4.74 Å². The van der Waals surface area contributed by atoms with Crippen molar-refractivity contribution in [1.82, 2.24) is 14.8 Å². The van der Waals surface area contributed by atoms with Gasteiger partial charge in [-0.1, -0.05) is 30.3 Å². The maximum Gasteiger partial charge on any atom is 0.207 e. The van der Waals surface area contributed by atoms with Gasteiger partial charge in [-0.25, -0.2) is 0 Å². The third-order valence-corrected chi connectivity index (χ3v) is 2.94. The molecule has 0 amide bonds. The van der Waals surface area contributed by atoms with E-state index in [1.165, 1.54) is 0 Å². The number of nitrogens with zero attached hydrogens (tertiary/aromatic N) is 3. The average Bonchev–Trinajstić information content (AvgIpc) is 2.99. The number of hydrogen-bond donors (Lipinski definition) is 0. The summed E-state index contributed by atoms with van der Waals surface area (Å²) in [4.78, 5) is 0. The molecule has 0 aliphatic heterocycles. The van der Waals surface area contributed by atoms with Gasteiger partial charge in [0.05, 0.1) is 6.61 Å². The summed E-state index contributed by atoms with van der Waals surface area (Å²) in [7, 11) is 0. The SMILES string of the molecule is CCOc1ccc(-n2[c]nnc2-c2ccccc2)cc1. The van der Waals surface area contributed by atoms with E-state index in [1.54, 1.807) is 0 Å². The topological polar surface area (TPSA) is 39.9 Å². The van der Waals surface area contributed by atoms with Gasteiger partial charge < -0.3 is 4.74 Å². The highest BCUT2D eigenvalue weighted by Crippen LogP contribution is 2.21. The summed E-state index contributed by atoms with van der Waals surface area (Å²) in [5, 5.41) is 8.04. The van der Waals surface area contributed by atoms with Gasteiger partial charge in [-0.2, -0.15) is 0 Å². The molecule has 3 rings (SSSR count). The Morgan fingerprint density at radius 2 is 1.80 bits per heavy atom. The van der Waals surface area contributed by atoms with Crippen LogP contribution in [0.5, 0.6) is 5.75 Å². The Hall–Kier alpha value is -2.62. The van der Waals surface area contributed by atoms with E-state index in [4.69, 9.17) is 4.74 Å². The summed E-state index contributed by atoms with van der Waals surface area (Å²) in [6.45, 7) is 2.63. The largest absolute Gasteiger partial charge is 0.494 e. The highest BCUT2D eigenvalue weighted by atomic mass is 16.5. The molecule has 99 valence electrons. The summed E-state index contributed by atoms with van der Waals surface area (Å²) in [6.07, 6.45) is 2.89. The molecule has 20 heavy (non-hydrogen) atoms. The van der Waals surface area contributed by atoms with Crippen LogP contribution >= 0.6 is 0 Å². The van der Waals surface area contributed by atoms with E-state index in [9.17, 15) is 0 Å². The molecule has 1 heterocycles. The molecule has 0 N–H and O–H groups in total. The van der Waals surface area contributed by atoms with E-state index >= 15 is 0 Å². The molecule has 3 aromatic rings. The third kappa shape index (κ3) is 2.40. The predicted molar refractivity (Wildman–Crippen MR) is 76.8 cm³/mol. The first-order valence-corrected chi connectivity index (χ1v) is 6.50.